The van der Waals surface area contributed by atoms with E-state index in [4.69, 9.17) is 4.98 Å². The number of aromatic amines is 1. The molecule has 4 rings (SSSR count). The first-order valence-electron chi connectivity index (χ1n) is 9.33. The van der Waals surface area contributed by atoms with E-state index >= 15 is 0 Å². The van der Waals surface area contributed by atoms with Crippen LogP contribution in [0.15, 0.2) is 72.9 Å². The number of H-pyrrole nitrogens is 1. The Bertz CT molecular complexity index is 1150. The SMILES string of the molecule is Cc1ccc(-c2cc(C(=O)NCc3cccc[nH+]3)c3ccccc3n2)cc1C. The zero-order chi connectivity index (χ0) is 19.5. The van der Waals surface area contributed by atoms with E-state index in [1.807, 2.05) is 54.7 Å². The predicted octanol–water partition coefficient (Wildman–Crippen LogP) is 4.26. The Balaban J connectivity index is 1.73. The number of nitrogens with one attached hydrogen (secondary N) is 2. The third-order valence-corrected chi connectivity index (χ3v) is 4.98. The Kier molecular flexibility index (Phi) is 4.85. The molecular formula is C24H22N3O+. The van der Waals surface area contributed by atoms with Crippen LogP contribution in [-0.2, 0) is 6.54 Å². The van der Waals surface area contributed by atoms with Gasteiger partial charge in [0.25, 0.3) is 5.91 Å². The molecule has 0 saturated heterocycles. The first-order chi connectivity index (χ1) is 13.6. The highest BCUT2D eigenvalue weighted by Crippen LogP contribution is 2.26. The Hall–Kier alpha value is -3.53. The number of rotatable bonds is 4. The van der Waals surface area contributed by atoms with Crippen molar-refractivity contribution in [1.29, 1.82) is 0 Å². The minimum atomic E-state index is -0.110. The third-order valence-electron chi connectivity index (χ3n) is 4.98. The van der Waals surface area contributed by atoms with Crippen LogP contribution in [0, 0.1) is 13.8 Å². The maximum atomic E-state index is 13.0. The minimum Gasteiger partial charge on any atom is -0.342 e. The number of benzene rings is 2. The van der Waals surface area contributed by atoms with Crippen LogP contribution in [0.2, 0.25) is 0 Å². The zero-order valence-electron chi connectivity index (χ0n) is 16.0. The van der Waals surface area contributed by atoms with Crippen LogP contribution < -0.4 is 10.3 Å². The summed E-state index contributed by atoms with van der Waals surface area (Å²) in [6.45, 7) is 4.62. The number of aromatic nitrogens is 2. The maximum absolute atomic E-state index is 13.0. The maximum Gasteiger partial charge on any atom is 0.252 e. The number of fused-ring (bicyclic) bond motifs is 1. The van der Waals surface area contributed by atoms with Crippen molar-refractivity contribution >= 4 is 16.8 Å². The molecule has 0 saturated carbocycles. The summed E-state index contributed by atoms with van der Waals surface area (Å²) in [7, 11) is 0. The molecule has 0 fully saturated rings. The molecule has 1 amide bonds. The third kappa shape index (κ3) is 3.62. The van der Waals surface area contributed by atoms with Crippen LogP contribution in [0.1, 0.15) is 27.2 Å². The summed E-state index contributed by atoms with van der Waals surface area (Å²) >= 11 is 0. The number of para-hydroxylation sites is 1. The van der Waals surface area contributed by atoms with Crippen molar-refractivity contribution in [3.63, 3.8) is 0 Å². The molecule has 138 valence electrons. The van der Waals surface area contributed by atoms with Crippen LogP contribution in [0.5, 0.6) is 0 Å². The topological polar surface area (TPSA) is 56.1 Å². The van der Waals surface area contributed by atoms with Gasteiger partial charge in [-0.1, -0.05) is 36.4 Å². The van der Waals surface area contributed by atoms with Crippen molar-refractivity contribution in [3.8, 4) is 11.3 Å². The Labute approximate surface area is 164 Å². The number of hydrogen-bond acceptors (Lipinski definition) is 2. The van der Waals surface area contributed by atoms with Crippen molar-refractivity contribution < 1.29 is 9.78 Å². The molecule has 4 heteroatoms. The molecule has 0 aliphatic carbocycles. The number of carbonyl (C=O) groups excluding carboxylic acids is 1. The summed E-state index contributed by atoms with van der Waals surface area (Å²) in [5, 5.41) is 3.86. The van der Waals surface area contributed by atoms with Gasteiger partial charge in [0.05, 0.1) is 16.8 Å². The number of nitrogens with zero attached hydrogens (tertiary/aromatic N) is 1. The molecule has 28 heavy (non-hydrogen) atoms. The monoisotopic (exact) mass is 368 g/mol. The van der Waals surface area contributed by atoms with Gasteiger partial charge in [-0.2, -0.15) is 0 Å². The van der Waals surface area contributed by atoms with E-state index < -0.39 is 0 Å². The highest BCUT2D eigenvalue weighted by atomic mass is 16.1. The summed E-state index contributed by atoms with van der Waals surface area (Å²) in [6.07, 6.45) is 1.85. The fraction of sp³-hybridized carbons (Fsp3) is 0.125. The molecule has 0 bridgehead atoms. The van der Waals surface area contributed by atoms with Crippen molar-refractivity contribution in [2.45, 2.75) is 20.4 Å². The standard InChI is InChI=1S/C24H21N3O/c1-16-10-11-18(13-17(16)2)23-14-21(20-8-3-4-9-22(20)27-23)24(28)26-15-19-7-5-6-12-25-19/h3-14H,15H2,1-2H3,(H,26,28)/p+1. The van der Waals surface area contributed by atoms with Crippen LogP contribution in [0.25, 0.3) is 22.2 Å². The largest absolute Gasteiger partial charge is 0.342 e. The number of amides is 1. The second-order valence-electron chi connectivity index (χ2n) is 6.94. The first-order valence-corrected chi connectivity index (χ1v) is 9.33. The Morgan fingerprint density at radius 3 is 2.57 bits per heavy atom. The molecule has 0 aliphatic heterocycles. The van der Waals surface area contributed by atoms with Gasteiger partial charge in [0.2, 0.25) is 0 Å². The fourth-order valence-corrected chi connectivity index (χ4v) is 3.22. The molecule has 0 atom stereocenters. The highest BCUT2D eigenvalue weighted by Gasteiger charge is 2.15. The van der Waals surface area contributed by atoms with Gasteiger partial charge in [-0.15, -0.1) is 0 Å². The molecule has 4 aromatic rings. The second-order valence-corrected chi connectivity index (χ2v) is 6.94. The van der Waals surface area contributed by atoms with Crippen molar-refractivity contribution in [2.75, 3.05) is 0 Å². The predicted molar refractivity (Wildman–Crippen MR) is 111 cm³/mol. The summed E-state index contributed by atoms with van der Waals surface area (Å²) in [5.74, 6) is -0.110. The van der Waals surface area contributed by atoms with Crippen LogP contribution in [0.4, 0.5) is 0 Å². The number of carbonyl (C=O) groups is 1. The minimum absolute atomic E-state index is 0.110. The fourth-order valence-electron chi connectivity index (χ4n) is 3.22. The molecule has 2 heterocycles. The number of pyridine rings is 2. The van der Waals surface area contributed by atoms with Gasteiger partial charge in [0.15, 0.2) is 11.9 Å². The summed E-state index contributed by atoms with van der Waals surface area (Å²) in [4.78, 5) is 20.9. The number of aryl methyl sites for hydroxylation is 2. The van der Waals surface area contributed by atoms with E-state index in [2.05, 4.69) is 42.3 Å². The van der Waals surface area contributed by atoms with E-state index in [0.29, 0.717) is 12.1 Å². The lowest BCUT2D eigenvalue weighted by molar-refractivity contribution is -0.390. The van der Waals surface area contributed by atoms with Gasteiger partial charge in [-0.05, 0) is 43.2 Å². The normalized spacial score (nSPS) is 10.8. The summed E-state index contributed by atoms with van der Waals surface area (Å²) < 4.78 is 0. The lowest BCUT2D eigenvalue weighted by Gasteiger charge is -2.11. The van der Waals surface area contributed by atoms with Crippen molar-refractivity contribution in [2.24, 2.45) is 0 Å². The lowest BCUT2D eigenvalue weighted by Crippen LogP contribution is -2.26. The molecule has 0 spiro atoms. The van der Waals surface area contributed by atoms with E-state index in [1.165, 1.54) is 11.1 Å². The van der Waals surface area contributed by atoms with Crippen LogP contribution >= 0.6 is 0 Å². The van der Waals surface area contributed by atoms with Crippen LogP contribution in [0.3, 0.4) is 0 Å². The molecule has 2 N–H and O–H groups in total. The van der Waals surface area contributed by atoms with Crippen molar-refractivity contribution in [1.82, 2.24) is 10.3 Å². The number of hydrogen-bond donors (Lipinski definition) is 1. The van der Waals surface area contributed by atoms with E-state index in [-0.39, 0.29) is 5.91 Å². The molecule has 2 aromatic carbocycles. The molecule has 0 radical (unpaired) electrons. The Morgan fingerprint density at radius 2 is 1.79 bits per heavy atom. The van der Waals surface area contributed by atoms with E-state index in [0.717, 1.165) is 27.9 Å². The van der Waals surface area contributed by atoms with Crippen LogP contribution in [-0.4, -0.2) is 10.9 Å². The first kappa shape index (κ1) is 17.9. The van der Waals surface area contributed by atoms with E-state index in [9.17, 15) is 4.79 Å². The molecule has 4 nitrogen and oxygen atoms in total. The van der Waals surface area contributed by atoms with Gasteiger partial charge in [-0.25, -0.2) is 9.97 Å². The average Bonchev–Trinajstić information content (AvgIpc) is 2.74. The zero-order valence-corrected chi connectivity index (χ0v) is 16.0. The van der Waals surface area contributed by atoms with Gasteiger partial charge < -0.3 is 5.32 Å². The smallest absolute Gasteiger partial charge is 0.252 e. The molecule has 0 unspecified atom stereocenters. The molecule has 2 aromatic heterocycles. The quantitative estimate of drug-likeness (QED) is 0.585. The van der Waals surface area contributed by atoms with Crippen molar-refractivity contribution in [3.05, 3.63) is 95.3 Å². The highest BCUT2D eigenvalue weighted by molar-refractivity contribution is 6.07. The summed E-state index contributed by atoms with van der Waals surface area (Å²) in [6, 6.07) is 21.7. The van der Waals surface area contributed by atoms with Gasteiger partial charge in [0, 0.05) is 23.1 Å². The summed E-state index contributed by atoms with van der Waals surface area (Å²) in [5.41, 5.74) is 6.66. The second kappa shape index (κ2) is 7.61. The van der Waals surface area contributed by atoms with Gasteiger partial charge >= 0.3 is 0 Å². The van der Waals surface area contributed by atoms with Gasteiger partial charge in [-0.3, -0.25) is 4.79 Å². The van der Waals surface area contributed by atoms with Gasteiger partial charge in [0.1, 0.15) is 6.54 Å². The Morgan fingerprint density at radius 1 is 0.964 bits per heavy atom. The lowest BCUT2D eigenvalue weighted by atomic mass is 10.0. The average molecular weight is 368 g/mol. The molecule has 0 aliphatic rings. The van der Waals surface area contributed by atoms with E-state index in [1.54, 1.807) is 0 Å². The molecular weight excluding hydrogens is 346 g/mol.